The van der Waals surface area contributed by atoms with Crippen LogP contribution in [-0.4, -0.2) is 58.2 Å². The van der Waals surface area contributed by atoms with Crippen LogP contribution in [0.1, 0.15) is 41.5 Å². The SMILES string of the molecule is Cc1cc(NC(=O)Cc2noc(C(=O)NCCN3CCCCC3)n2)no1. The van der Waals surface area contributed by atoms with Crippen molar-refractivity contribution >= 4 is 17.6 Å². The van der Waals surface area contributed by atoms with Crippen molar-refractivity contribution in [1.82, 2.24) is 25.5 Å². The normalized spacial score (nSPS) is 15.0. The zero-order valence-electron chi connectivity index (χ0n) is 14.7. The van der Waals surface area contributed by atoms with E-state index in [9.17, 15) is 9.59 Å². The standard InChI is InChI=1S/C16H22N6O4/c1-11-9-12(20-25-11)18-14(23)10-13-19-16(26-21-13)15(24)17-5-8-22-6-3-2-4-7-22/h9H,2-8,10H2,1H3,(H,17,24)(H,18,20,23). The Labute approximate surface area is 150 Å². The molecule has 10 nitrogen and oxygen atoms in total. The maximum atomic E-state index is 12.0. The second kappa shape index (κ2) is 8.56. The molecule has 1 aliphatic heterocycles. The highest BCUT2D eigenvalue weighted by molar-refractivity contribution is 5.91. The number of carbonyl (C=O) groups excluding carboxylic acids is 2. The molecule has 3 heterocycles. The number of rotatable bonds is 7. The van der Waals surface area contributed by atoms with E-state index in [1.165, 1.54) is 19.3 Å². The van der Waals surface area contributed by atoms with Gasteiger partial charge in [-0.25, -0.2) is 0 Å². The summed E-state index contributed by atoms with van der Waals surface area (Å²) in [6.07, 6.45) is 3.56. The minimum absolute atomic E-state index is 0.129. The third-order valence-electron chi connectivity index (χ3n) is 4.04. The van der Waals surface area contributed by atoms with Crippen LogP contribution >= 0.6 is 0 Å². The molecule has 1 fully saturated rings. The highest BCUT2D eigenvalue weighted by atomic mass is 16.5. The molecule has 10 heteroatoms. The number of piperidine rings is 1. The van der Waals surface area contributed by atoms with Gasteiger partial charge in [0, 0.05) is 19.2 Å². The van der Waals surface area contributed by atoms with Crippen LogP contribution in [-0.2, 0) is 11.2 Å². The lowest BCUT2D eigenvalue weighted by atomic mass is 10.1. The lowest BCUT2D eigenvalue weighted by molar-refractivity contribution is -0.115. The minimum atomic E-state index is -0.437. The lowest BCUT2D eigenvalue weighted by Crippen LogP contribution is -2.37. The molecule has 0 atom stereocenters. The van der Waals surface area contributed by atoms with Crippen LogP contribution in [0, 0.1) is 6.92 Å². The van der Waals surface area contributed by atoms with E-state index in [2.05, 4.69) is 30.8 Å². The van der Waals surface area contributed by atoms with Gasteiger partial charge in [-0.15, -0.1) is 0 Å². The molecule has 2 amide bonds. The van der Waals surface area contributed by atoms with E-state index in [1.54, 1.807) is 13.0 Å². The Morgan fingerprint density at radius 1 is 1.19 bits per heavy atom. The van der Waals surface area contributed by atoms with Crippen molar-refractivity contribution in [2.24, 2.45) is 0 Å². The minimum Gasteiger partial charge on any atom is -0.360 e. The number of likely N-dealkylation sites (tertiary alicyclic amines) is 1. The van der Waals surface area contributed by atoms with Crippen molar-refractivity contribution in [1.29, 1.82) is 0 Å². The van der Waals surface area contributed by atoms with Crippen molar-refractivity contribution in [3.8, 4) is 0 Å². The molecule has 0 bridgehead atoms. The van der Waals surface area contributed by atoms with Gasteiger partial charge in [0.05, 0.1) is 6.42 Å². The van der Waals surface area contributed by atoms with E-state index >= 15 is 0 Å². The number of aromatic nitrogens is 3. The second-order valence-electron chi connectivity index (χ2n) is 6.22. The summed E-state index contributed by atoms with van der Waals surface area (Å²) in [5.74, 6) is 0.0621. The molecular weight excluding hydrogens is 340 g/mol. The Morgan fingerprint density at radius 2 is 2.00 bits per heavy atom. The first-order chi connectivity index (χ1) is 12.6. The van der Waals surface area contributed by atoms with Crippen molar-refractivity contribution in [3.63, 3.8) is 0 Å². The van der Waals surface area contributed by atoms with Crippen LogP contribution in [0.3, 0.4) is 0 Å². The molecule has 3 rings (SSSR count). The third-order valence-corrected chi connectivity index (χ3v) is 4.04. The molecule has 1 saturated heterocycles. The smallest absolute Gasteiger partial charge is 0.315 e. The lowest BCUT2D eigenvalue weighted by Gasteiger charge is -2.26. The van der Waals surface area contributed by atoms with Gasteiger partial charge in [-0.05, 0) is 32.9 Å². The van der Waals surface area contributed by atoms with E-state index in [-0.39, 0.29) is 24.0 Å². The number of amides is 2. The Bertz CT molecular complexity index is 750. The molecular formula is C16H22N6O4. The first-order valence-corrected chi connectivity index (χ1v) is 8.66. The zero-order valence-corrected chi connectivity index (χ0v) is 14.7. The monoisotopic (exact) mass is 362 g/mol. The van der Waals surface area contributed by atoms with Crippen molar-refractivity contribution in [2.75, 3.05) is 31.5 Å². The number of hydrogen-bond acceptors (Lipinski definition) is 8. The fourth-order valence-electron chi connectivity index (χ4n) is 2.76. The number of hydrogen-bond donors (Lipinski definition) is 2. The topological polar surface area (TPSA) is 126 Å². The van der Waals surface area contributed by atoms with Crippen molar-refractivity contribution in [2.45, 2.75) is 32.6 Å². The number of carbonyl (C=O) groups is 2. The summed E-state index contributed by atoms with van der Waals surface area (Å²) in [5.41, 5.74) is 0. The summed E-state index contributed by atoms with van der Waals surface area (Å²) in [5, 5.41) is 12.6. The summed E-state index contributed by atoms with van der Waals surface area (Å²) in [6.45, 7) is 5.17. The second-order valence-corrected chi connectivity index (χ2v) is 6.22. The maximum Gasteiger partial charge on any atom is 0.315 e. The maximum absolute atomic E-state index is 12.0. The quantitative estimate of drug-likeness (QED) is 0.739. The molecule has 140 valence electrons. The molecule has 2 aromatic rings. The highest BCUT2D eigenvalue weighted by Gasteiger charge is 2.18. The summed E-state index contributed by atoms with van der Waals surface area (Å²) in [4.78, 5) is 30.2. The van der Waals surface area contributed by atoms with E-state index in [0.29, 0.717) is 18.1 Å². The van der Waals surface area contributed by atoms with Gasteiger partial charge in [0.2, 0.25) is 5.91 Å². The van der Waals surface area contributed by atoms with Crippen molar-refractivity contribution < 1.29 is 18.6 Å². The molecule has 0 saturated carbocycles. The number of aryl methyl sites for hydroxylation is 1. The fourth-order valence-corrected chi connectivity index (χ4v) is 2.76. The molecule has 1 aliphatic rings. The molecule has 0 spiro atoms. The van der Waals surface area contributed by atoms with Gasteiger partial charge in [0.25, 0.3) is 0 Å². The molecule has 0 radical (unpaired) electrons. The summed E-state index contributed by atoms with van der Waals surface area (Å²) >= 11 is 0. The van der Waals surface area contributed by atoms with Gasteiger partial charge in [0.15, 0.2) is 11.6 Å². The van der Waals surface area contributed by atoms with E-state index in [1.807, 2.05) is 0 Å². The summed E-state index contributed by atoms with van der Waals surface area (Å²) in [6, 6.07) is 1.59. The van der Waals surface area contributed by atoms with E-state index in [0.717, 1.165) is 19.6 Å². The van der Waals surface area contributed by atoms with Gasteiger partial charge < -0.3 is 24.6 Å². The predicted octanol–water partition coefficient (Wildman–Crippen LogP) is 0.763. The molecule has 0 aromatic carbocycles. The van der Waals surface area contributed by atoms with E-state index in [4.69, 9.17) is 9.05 Å². The van der Waals surface area contributed by atoms with Crippen molar-refractivity contribution in [3.05, 3.63) is 23.5 Å². The Hall–Kier alpha value is -2.75. The first kappa shape index (κ1) is 18.1. The van der Waals surface area contributed by atoms with Crippen LogP contribution in [0.4, 0.5) is 5.82 Å². The van der Waals surface area contributed by atoms with Gasteiger partial charge >= 0.3 is 11.8 Å². The Kier molecular flexibility index (Phi) is 5.95. The number of anilines is 1. The highest BCUT2D eigenvalue weighted by Crippen LogP contribution is 2.08. The summed E-state index contributed by atoms with van der Waals surface area (Å²) < 4.78 is 9.78. The van der Waals surface area contributed by atoms with Gasteiger partial charge in [0.1, 0.15) is 5.76 Å². The molecule has 26 heavy (non-hydrogen) atoms. The number of nitrogens with one attached hydrogen (secondary N) is 2. The zero-order chi connectivity index (χ0) is 18.4. The third kappa shape index (κ3) is 5.12. The Morgan fingerprint density at radius 3 is 2.73 bits per heavy atom. The fraction of sp³-hybridized carbons (Fsp3) is 0.562. The average molecular weight is 362 g/mol. The molecule has 2 N–H and O–H groups in total. The molecule has 2 aromatic heterocycles. The van der Waals surface area contributed by atoms with Crippen LogP contribution < -0.4 is 10.6 Å². The van der Waals surface area contributed by atoms with Crippen LogP contribution in [0.5, 0.6) is 0 Å². The van der Waals surface area contributed by atoms with Gasteiger partial charge in [-0.2, -0.15) is 4.98 Å². The molecule has 0 aliphatic carbocycles. The van der Waals surface area contributed by atoms with Gasteiger partial charge in [-0.3, -0.25) is 9.59 Å². The first-order valence-electron chi connectivity index (χ1n) is 8.66. The average Bonchev–Trinajstić information content (AvgIpc) is 3.25. The van der Waals surface area contributed by atoms with E-state index < -0.39 is 5.91 Å². The van der Waals surface area contributed by atoms with Gasteiger partial charge in [-0.1, -0.05) is 16.7 Å². The number of nitrogens with zero attached hydrogens (tertiary/aromatic N) is 4. The molecule has 0 unspecified atom stereocenters. The Balaban J connectivity index is 1.42. The van der Waals surface area contributed by atoms with Crippen LogP contribution in [0.15, 0.2) is 15.1 Å². The summed E-state index contributed by atoms with van der Waals surface area (Å²) in [7, 11) is 0. The van der Waals surface area contributed by atoms with Crippen LogP contribution in [0.2, 0.25) is 0 Å². The predicted molar refractivity (Wildman–Crippen MR) is 90.5 cm³/mol. The van der Waals surface area contributed by atoms with Crippen LogP contribution in [0.25, 0.3) is 0 Å². The largest absolute Gasteiger partial charge is 0.360 e.